The Hall–Kier alpha value is -1.27. The summed E-state index contributed by atoms with van der Waals surface area (Å²) < 4.78 is 1.99. The molecule has 1 N–H and O–H groups in total. The molecule has 3 heteroatoms. The highest BCUT2D eigenvalue weighted by atomic mass is 15.3. The summed E-state index contributed by atoms with van der Waals surface area (Å²) in [6, 6.07) is 0. The van der Waals surface area contributed by atoms with Crippen molar-refractivity contribution in [1.82, 2.24) is 15.1 Å². The van der Waals surface area contributed by atoms with Gasteiger partial charge in [-0.2, -0.15) is 5.10 Å². The Bertz CT molecular complexity index is 391. The Kier molecular flexibility index (Phi) is 4.77. The third kappa shape index (κ3) is 5.06. The smallest absolute Gasteiger partial charge is 0.0638 e. The average Bonchev–Trinajstić information content (AvgIpc) is 2.56. The van der Waals surface area contributed by atoms with Gasteiger partial charge in [0.25, 0.3) is 0 Å². The highest BCUT2D eigenvalue weighted by Gasteiger charge is 2.11. The maximum Gasteiger partial charge on any atom is 0.0638 e. The molecule has 0 saturated carbocycles. The largest absolute Gasteiger partial charge is 0.308 e. The number of nitrogens with one attached hydrogen (secondary N) is 1. The molecule has 17 heavy (non-hydrogen) atoms. The summed E-state index contributed by atoms with van der Waals surface area (Å²) in [5, 5.41) is 7.97. The summed E-state index contributed by atoms with van der Waals surface area (Å²) in [5.41, 5.74) is 2.50. The molecular formula is C14H23N3. The van der Waals surface area contributed by atoms with E-state index in [0.717, 1.165) is 31.6 Å². The van der Waals surface area contributed by atoms with Crippen molar-refractivity contribution in [3.8, 4) is 12.3 Å². The van der Waals surface area contributed by atoms with E-state index in [1.54, 1.807) is 0 Å². The van der Waals surface area contributed by atoms with Gasteiger partial charge in [0.05, 0.1) is 5.69 Å². The predicted octanol–water partition coefficient (Wildman–Crippen LogP) is 2.49. The molecule has 0 saturated heterocycles. The van der Waals surface area contributed by atoms with E-state index >= 15 is 0 Å². The summed E-state index contributed by atoms with van der Waals surface area (Å²) in [6.07, 6.45) is 9.15. The lowest BCUT2D eigenvalue weighted by molar-refractivity contribution is 0.423. The number of aryl methyl sites for hydroxylation is 2. The van der Waals surface area contributed by atoms with Gasteiger partial charge in [0, 0.05) is 36.8 Å². The fourth-order valence-corrected chi connectivity index (χ4v) is 1.55. The lowest BCUT2D eigenvalue weighted by atomic mass is 10.1. The van der Waals surface area contributed by atoms with Gasteiger partial charge in [-0.25, -0.2) is 0 Å². The Morgan fingerprint density at radius 1 is 1.47 bits per heavy atom. The highest BCUT2D eigenvalue weighted by molar-refractivity contribution is 5.15. The van der Waals surface area contributed by atoms with E-state index < -0.39 is 0 Å². The molecule has 0 amide bonds. The van der Waals surface area contributed by atoms with E-state index in [0.29, 0.717) is 0 Å². The fraction of sp³-hybridized carbons (Fsp3) is 0.643. The van der Waals surface area contributed by atoms with E-state index in [-0.39, 0.29) is 5.54 Å². The summed E-state index contributed by atoms with van der Waals surface area (Å²) in [4.78, 5) is 0. The van der Waals surface area contributed by atoms with Crippen molar-refractivity contribution in [2.75, 3.05) is 0 Å². The molecule has 0 fully saturated rings. The van der Waals surface area contributed by atoms with E-state index in [9.17, 15) is 0 Å². The van der Waals surface area contributed by atoms with Crippen LogP contribution in [0, 0.1) is 19.3 Å². The summed E-state index contributed by atoms with van der Waals surface area (Å²) in [6.45, 7) is 10.3. The first-order valence-corrected chi connectivity index (χ1v) is 6.14. The second-order valence-electron chi connectivity index (χ2n) is 5.41. The van der Waals surface area contributed by atoms with E-state index in [1.165, 1.54) is 5.56 Å². The minimum absolute atomic E-state index is 0.137. The van der Waals surface area contributed by atoms with Crippen LogP contribution in [0.3, 0.4) is 0 Å². The molecule has 0 aliphatic carbocycles. The molecule has 0 aromatic carbocycles. The lowest BCUT2D eigenvalue weighted by Crippen LogP contribution is -2.35. The Labute approximate surface area is 105 Å². The zero-order valence-corrected chi connectivity index (χ0v) is 11.4. The van der Waals surface area contributed by atoms with Crippen molar-refractivity contribution in [2.45, 2.75) is 59.2 Å². The quantitative estimate of drug-likeness (QED) is 0.625. The van der Waals surface area contributed by atoms with Gasteiger partial charge in [-0.15, -0.1) is 12.3 Å². The summed E-state index contributed by atoms with van der Waals surface area (Å²) >= 11 is 0. The predicted molar refractivity (Wildman–Crippen MR) is 71.6 cm³/mol. The first kappa shape index (κ1) is 13.8. The Morgan fingerprint density at radius 3 is 2.76 bits per heavy atom. The molecule has 1 heterocycles. The third-order valence-corrected chi connectivity index (χ3v) is 2.57. The second kappa shape index (κ2) is 5.88. The molecule has 3 nitrogen and oxygen atoms in total. The number of aromatic nitrogens is 2. The van der Waals surface area contributed by atoms with Crippen LogP contribution in [0.4, 0.5) is 0 Å². The molecule has 0 aliphatic rings. The van der Waals surface area contributed by atoms with E-state index in [2.05, 4.69) is 50.2 Å². The molecule has 94 valence electrons. The van der Waals surface area contributed by atoms with Crippen LogP contribution >= 0.6 is 0 Å². The topological polar surface area (TPSA) is 29.9 Å². The maximum atomic E-state index is 5.23. The molecule has 0 aliphatic heterocycles. The minimum Gasteiger partial charge on any atom is -0.308 e. The van der Waals surface area contributed by atoms with Crippen LogP contribution in [0.25, 0.3) is 0 Å². The van der Waals surface area contributed by atoms with Crippen molar-refractivity contribution < 1.29 is 0 Å². The standard InChI is InChI=1S/C14H23N3/c1-6-7-8-9-17-11-13(12(2)16-17)10-15-14(3,4)5/h1,11,15H,7-10H2,2-5H3. The van der Waals surface area contributed by atoms with Crippen LogP contribution in [0.1, 0.15) is 44.9 Å². The van der Waals surface area contributed by atoms with Crippen molar-refractivity contribution >= 4 is 0 Å². The zero-order valence-electron chi connectivity index (χ0n) is 11.4. The SMILES string of the molecule is C#CCCCn1cc(CNC(C)(C)C)c(C)n1. The molecule has 1 aromatic heterocycles. The fourth-order valence-electron chi connectivity index (χ4n) is 1.55. The van der Waals surface area contributed by atoms with Gasteiger partial charge < -0.3 is 5.32 Å². The van der Waals surface area contributed by atoms with Crippen LogP contribution in [-0.4, -0.2) is 15.3 Å². The number of hydrogen-bond donors (Lipinski definition) is 1. The van der Waals surface area contributed by atoms with Crippen molar-refractivity contribution in [3.05, 3.63) is 17.5 Å². The van der Waals surface area contributed by atoms with Crippen LogP contribution in [0.5, 0.6) is 0 Å². The van der Waals surface area contributed by atoms with Crippen molar-refractivity contribution in [2.24, 2.45) is 0 Å². The van der Waals surface area contributed by atoms with Gasteiger partial charge in [0.15, 0.2) is 0 Å². The number of rotatable bonds is 5. The van der Waals surface area contributed by atoms with Gasteiger partial charge in [-0.1, -0.05) is 0 Å². The number of terminal acetylenes is 1. The minimum atomic E-state index is 0.137. The zero-order chi connectivity index (χ0) is 12.9. The molecule has 0 unspecified atom stereocenters. The third-order valence-electron chi connectivity index (χ3n) is 2.57. The Morgan fingerprint density at radius 2 is 2.18 bits per heavy atom. The van der Waals surface area contributed by atoms with Gasteiger partial charge in [-0.3, -0.25) is 4.68 Å². The van der Waals surface area contributed by atoms with E-state index in [1.807, 2.05) is 4.68 Å². The van der Waals surface area contributed by atoms with Crippen LogP contribution in [-0.2, 0) is 13.1 Å². The van der Waals surface area contributed by atoms with Gasteiger partial charge in [-0.05, 0) is 34.1 Å². The molecule has 0 radical (unpaired) electrons. The van der Waals surface area contributed by atoms with Crippen molar-refractivity contribution in [1.29, 1.82) is 0 Å². The molecular weight excluding hydrogens is 210 g/mol. The Balaban J connectivity index is 2.53. The molecule has 1 aromatic rings. The van der Waals surface area contributed by atoms with Crippen molar-refractivity contribution in [3.63, 3.8) is 0 Å². The molecule has 0 atom stereocenters. The highest BCUT2D eigenvalue weighted by Crippen LogP contribution is 2.09. The molecule has 1 rings (SSSR count). The average molecular weight is 233 g/mol. The van der Waals surface area contributed by atoms with E-state index in [4.69, 9.17) is 6.42 Å². The normalized spacial score (nSPS) is 11.5. The van der Waals surface area contributed by atoms with Crippen LogP contribution in [0.2, 0.25) is 0 Å². The molecule has 0 spiro atoms. The lowest BCUT2D eigenvalue weighted by Gasteiger charge is -2.20. The summed E-state index contributed by atoms with van der Waals surface area (Å²) in [7, 11) is 0. The van der Waals surface area contributed by atoms with Crippen LogP contribution in [0.15, 0.2) is 6.20 Å². The first-order valence-electron chi connectivity index (χ1n) is 6.14. The number of unbranched alkanes of at least 4 members (excludes halogenated alkanes) is 1. The number of hydrogen-bond acceptors (Lipinski definition) is 2. The van der Waals surface area contributed by atoms with Gasteiger partial charge >= 0.3 is 0 Å². The van der Waals surface area contributed by atoms with Crippen LogP contribution < -0.4 is 5.32 Å². The molecule has 0 bridgehead atoms. The second-order valence-corrected chi connectivity index (χ2v) is 5.41. The first-order chi connectivity index (χ1) is 7.92. The maximum absolute atomic E-state index is 5.23. The summed E-state index contributed by atoms with van der Waals surface area (Å²) in [5.74, 6) is 2.65. The number of nitrogens with zero attached hydrogens (tertiary/aromatic N) is 2. The monoisotopic (exact) mass is 233 g/mol. The van der Waals surface area contributed by atoms with Gasteiger partial charge in [0.2, 0.25) is 0 Å². The van der Waals surface area contributed by atoms with Gasteiger partial charge in [0.1, 0.15) is 0 Å².